The van der Waals surface area contributed by atoms with Crippen molar-refractivity contribution >= 4 is 5.97 Å². The first kappa shape index (κ1) is 30.6. The monoisotopic (exact) mass is 478 g/mol. The molecule has 0 fully saturated rings. The van der Waals surface area contributed by atoms with E-state index in [0.717, 1.165) is 37.7 Å². The highest BCUT2D eigenvalue weighted by Crippen LogP contribution is 2.24. The molecular weight excluding hydrogens is 428 g/mol. The summed E-state index contributed by atoms with van der Waals surface area (Å²) >= 11 is 0. The molecule has 5 heteroatoms. The fourth-order valence-electron chi connectivity index (χ4n) is 4.61. The third kappa shape index (κ3) is 11.3. The average molecular weight is 479 g/mol. The summed E-state index contributed by atoms with van der Waals surface area (Å²) < 4.78 is 11.3. The van der Waals surface area contributed by atoms with Crippen LogP contribution in [0.3, 0.4) is 0 Å². The summed E-state index contributed by atoms with van der Waals surface area (Å²) in [5.74, 6) is 0.623. The Morgan fingerprint density at radius 2 is 1.97 bits per heavy atom. The van der Waals surface area contributed by atoms with E-state index >= 15 is 0 Å². The predicted molar refractivity (Wildman–Crippen MR) is 139 cm³/mol. The molecule has 34 heavy (non-hydrogen) atoms. The molecule has 5 unspecified atom stereocenters. The number of rotatable bonds is 10. The van der Waals surface area contributed by atoms with Gasteiger partial charge < -0.3 is 19.7 Å². The van der Waals surface area contributed by atoms with Gasteiger partial charge in [0.2, 0.25) is 0 Å². The van der Waals surface area contributed by atoms with Crippen LogP contribution in [-0.4, -0.2) is 47.7 Å². The molecule has 0 saturated heterocycles. The molecule has 1 aliphatic heterocycles. The molecular formula is C29H50O5. The molecule has 2 N–H and O–H groups in total. The van der Waals surface area contributed by atoms with Crippen molar-refractivity contribution < 1.29 is 24.5 Å². The number of hydrogen-bond donors (Lipinski definition) is 2. The molecule has 0 radical (unpaired) electrons. The van der Waals surface area contributed by atoms with E-state index in [9.17, 15) is 15.0 Å². The van der Waals surface area contributed by atoms with E-state index in [4.69, 9.17) is 9.47 Å². The van der Waals surface area contributed by atoms with Gasteiger partial charge in [0.15, 0.2) is 0 Å². The van der Waals surface area contributed by atoms with Gasteiger partial charge >= 0.3 is 5.97 Å². The molecule has 1 rings (SSSR count). The number of hydrogen-bond acceptors (Lipinski definition) is 5. The summed E-state index contributed by atoms with van der Waals surface area (Å²) in [4.78, 5) is 12.4. The van der Waals surface area contributed by atoms with E-state index in [1.807, 2.05) is 19.1 Å². The maximum absolute atomic E-state index is 12.4. The summed E-state index contributed by atoms with van der Waals surface area (Å²) in [6.07, 6.45) is 14.3. The highest BCUT2D eigenvalue weighted by atomic mass is 16.5. The maximum atomic E-state index is 12.4. The molecule has 1 aliphatic rings. The van der Waals surface area contributed by atoms with E-state index in [0.29, 0.717) is 18.3 Å². The maximum Gasteiger partial charge on any atom is 0.309 e. The molecule has 5 nitrogen and oxygen atoms in total. The second kappa shape index (κ2) is 16.3. The van der Waals surface area contributed by atoms with Crippen molar-refractivity contribution in [1.29, 1.82) is 0 Å². The van der Waals surface area contributed by atoms with E-state index in [1.54, 1.807) is 7.11 Å². The molecule has 1 heterocycles. The summed E-state index contributed by atoms with van der Waals surface area (Å²) in [5, 5.41) is 20.7. The third-order valence-electron chi connectivity index (χ3n) is 7.17. The fraction of sp³-hybridized carbons (Fsp3) is 0.759. The summed E-state index contributed by atoms with van der Waals surface area (Å²) in [5.41, 5.74) is 0.980. The highest BCUT2D eigenvalue weighted by molar-refractivity contribution is 5.70. The minimum absolute atomic E-state index is 0.0442. The van der Waals surface area contributed by atoms with Crippen LogP contribution in [0.2, 0.25) is 0 Å². The largest absolute Gasteiger partial charge is 0.457 e. The lowest BCUT2D eigenvalue weighted by Gasteiger charge is -2.26. The zero-order valence-corrected chi connectivity index (χ0v) is 22.6. The van der Waals surface area contributed by atoms with Crippen LogP contribution in [0.5, 0.6) is 0 Å². The molecule has 8 atom stereocenters. The Morgan fingerprint density at radius 1 is 1.26 bits per heavy atom. The van der Waals surface area contributed by atoms with Crippen molar-refractivity contribution in [2.45, 2.75) is 111 Å². The average Bonchev–Trinajstić information content (AvgIpc) is 2.79. The Morgan fingerprint density at radius 3 is 2.62 bits per heavy atom. The van der Waals surface area contributed by atoms with Crippen LogP contribution in [0, 0.1) is 23.7 Å². The van der Waals surface area contributed by atoms with E-state index in [1.165, 1.54) is 0 Å². The van der Waals surface area contributed by atoms with Crippen LogP contribution in [0.25, 0.3) is 0 Å². The second-order valence-electron chi connectivity index (χ2n) is 10.4. The molecule has 196 valence electrons. The lowest BCUT2D eigenvalue weighted by atomic mass is 9.90. The zero-order chi connectivity index (χ0) is 25.7. The lowest BCUT2D eigenvalue weighted by Crippen LogP contribution is -2.30. The smallest absolute Gasteiger partial charge is 0.309 e. The zero-order valence-electron chi connectivity index (χ0n) is 22.6. The number of aliphatic hydroxyl groups excluding tert-OH is 2. The molecule has 0 aromatic rings. The van der Waals surface area contributed by atoms with E-state index in [-0.39, 0.29) is 42.5 Å². The first-order valence-electron chi connectivity index (χ1n) is 13.2. The van der Waals surface area contributed by atoms with Crippen molar-refractivity contribution in [2.24, 2.45) is 23.7 Å². The Hall–Kier alpha value is -1.43. The van der Waals surface area contributed by atoms with Crippen LogP contribution >= 0.6 is 0 Å². The number of esters is 1. The molecule has 0 amide bonds. The van der Waals surface area contributed by atoms with Crippen LogP contribution in [0.15, 0.2) is 36.0 Å². The molecule has 0 aliphatic carbocycles. The summed E-state index contributed by atoms with van der Waals surface area (Å²) in [6, 6.07) is 0. The number of ether oxygens (including phenoxy) is 2. The van der Waals surface area contributed by atoms with Crippen molar-refractivity contribution in [1.82, 2.24) is 0 Å². The molecule has 0 aromatic heterocycles. The van der Waals surface area contributed by atoms with Gasteiger partial charge in [-0.1, -0.05) is 65.0 Å². The SMILES string of the molecule is CCC(OC)C(C)[C@@H](O)CC[C@H](C)/C=C/C=C(\C)[C@H]1OC(=O)CC(O)CCC(C)C/C=C/C1C. The van der Waals surface area contributed by atoms with Crippen LogP contribution < -0.4 is 0 Å². The first-order valence-corrected chi connectivity index (χ1v) is 13.2. The van der Waals surface area contributed by atoms with E-state index < -0.39 is 6.10 Å². The number of carbonyl (C=O) groups excluding carboxylic acids is 1. The van der Waals surface area contributed by atoms with Gasteiger partial charge in [-0.05, 0) is 62.9 Å². The number of allylic oxidation sites excluding steroid dienone is 4. The number of aliphatic hydroxyl groups is 2. The van der Waals surface area contributed by atoms with Crippen molar-refractivity contribution in [3.05, 3.63) is 36.0 Å². The van der Waals surface area contributed by atoms with Gasteiger partial charge in [-0.15, -0.1) is 0 Å². The van der Waals surface area contributed by atoms with Gasteiger partial charge in [0.05, 0.1) is 24.7 Å². The quantitative estimate of drug-likeness (QED) is 0.229. The van der Waals surface area contributed by atoms with E-state index in [2.05, 4.69) is 52.8 Å². The van der Waals surface area contributed by atoms with Gasteiger partial charge in [0.1, 0.15) is 6.10 Å². The Bertz CT molecular complexity index is 663. The Balaban J connectivity index is 2.76. The molecule has 0 spiro atoms. The number of methoxy groups -OCH3 is 1. The fourth-order valence-corrected chi connectivity index (χ4v) is 4.61. The molecule has 0 bridgehead atoms. The standard InChI is InChI=1S/C29H50O5/c1-8-27(33-7)24(6)26(31)18-16-21(3)12-10-14-23(5)29-22(4)13-9-11-20(2)15-17-25(30)19-28(32)34-29/h9-10,12-14,20-22,24-27,29-31H,8,11,15-19H2,1-7H3/b12-10+,13-9+,23-14+/t20?,21-,22?,24?,25?,26+,27?,29+/m1/s1. The van der Waals surface area contributed by atoms with Crippen LogP contribution in [0.4, 0.5) is 0 Å². The summed E-state index contributed by atoms with van der Waals surface area (Å²) in [7, 11) is 1.70. The third-order valence-corrected chi connectivity index (χ3v) is 7.17. The van der Waals surface area contributed by atoms with Gasteiger partial charge in [0.25, 0.3) is 0 Å². The topological polar surface area (TPSA) is 76.0 Å². The first-order chi connectivity index (χ1) is 16.1. The van der Waals surface area contributed by atoms with Crippen LogP contribution in [-0.2, 0) is 14.3 Å². The molecule has 0 aromatic carbocycles. The van der Waals surface area contributed by atoms with Crippen molar-refractivity contribution in [3.8, 4) is 0 Å². The van der Waals surface area contributed by atoms with Crippen molar-refractivity contribution in [3.63, 3.8) is 0 Å². The normalized spacial score (nSPS) is 30.0. The molecule has 0 saturated carbocycles. The minimum Gasteiger partial charge on any atom is -0.457 e. The summed E-state index contributed by atoms with van der Waals surface area (Å²) in [6.45, 7) is 12.5. The Labute approximate surface area is 208 Å². The van der Waals surface area contributed by atoms with Crippen LogP contribution in [0.1, 0.15) is 86.5 Å². The minimum atomic E-state index is -0.645. The number of cyclic esters (lactones) is 1. The highest BCUT2D eigenvalue weighted by Gasteiger charge is 2.24. The second-order valence-corrected chi connectivity index (χ2v) is 10.4. The van der Waals surface area contributed by atoms with Gasteiger partial charge in [-0.25, -0.2) is 0 Å². The number of carbonyl (C=O) groups is 1. The Kier molecular flexibility index (Phi) is 14.7. The van der Waals surface area contributed by atoms with Gasteiger partial charge in [0, 0.05) is 18.9 Å². The predicted octanol–water partition coefficient (Wildman–Crippen LogP) is 6.00. The van der Waals surface area contributed by atoms with Gasteiger partial charge in [-0.2, -0.15) is 0 Å². The van der Waals surface area contributed by atoms with Gasteiger partial charge in [-0.3, -0.25) is 4.79 Å². The lowest BCUT2D eigenvalue weighted by molar-refractivity contribution is -0.151. The van der Waals surface area contributed by atoms with Crippen molar-refractivity contribution in [2.75, 3.05) is 7.11 Å².